The maximum atomic E-state index is 15.7. The van der Waals surface area contributed by atoms with E-state index >= 15 is 4.39 Å². The first-order valence-corrected chi connectivity index (χ1v) is 13.1. The van der Waals surface area contributed by atoms with Gasteiger partial charge in [-0.15, -0.1) is 0 Å². The Balaban J connectivity index is 1.63. The number of anilines is 1. The van der Waals surface area contributed by atoms with Crippen molar-refractivity contribution in [2.24, 2.45) is 11.7 Å². The van der Waals surface area contributed by atoms with Crippen LogP contribution < -0.4 is 26.7 Å². The van der Waals surface area contributed by atoms with Gasteiger partial charge in [0.05, 0.1) is 34.4 Å². The summed E-state index contributed by atoms with van der Waals surface area (Å²) in [6.45, 7) is 5.35. The quantitative estimate of drug-likeness (QED) is 0.357. The minimum atomic E-state index is -0.916. The van der Waals surface area contributed by atoms with Crippen molar-refractivity contribution >= 4 is 22.6 Å². The van der Waals surface area contributed by atoms with E-state index in [0.717, 1.165) is 16.7 Å². The molecule has 0 aliphatic carbocycles. The number of benzene rings is 3. The second-order valence-corrected chi connectivity index (χ2v) is 10.9. The van der Waals surface area contributed by atoms with E-state index in [0.29, 0.717) is 16.7 Å². The molecule has 1 aliphatic heterocycles. The van der Waals surface area contributed by atoms with Gasteiger partial charge in [-0.3, -0.25) is 14.2 Å². The lowest BCUT2D eigenvalue weighted by Crippen LogP contribution is -2.45. The van der Waals surface area contributed by atoms with Crippen LogP contribution in [0.3, 0.4) is 0 Å². The molecule has 0 spiro atoms. The number of hydrogen-bond acceptors (Lipinski definition) is 7. The van der Waals surface area contributed by atoms with Gasteiger partial charge < -0.3 is 20.2 Å². The number of nitrogens with zero attached hydrogens (tertiary/aromatic N) is 3. The fraction of sp³-hybridized carbons (Fsp3) is 0.300. The van der Waals surface area contributed by atoms with Gasteiger partial charge in [0.2, 0.25) is 0 Å². The van der Waals surface area contributed by atoms with Crippen molar-refractivity contribution in [1.82, 2.24) is 9.30 Å². The molecule has 11 heteroatoms. The summed E-state index contributed by atoms with van der Waals surface area (Å²) in [6, 6.07) is 16.4. The van der Waals surface area contributed by atoms with Crippen molar-refractivity contribution < 1.29 is 23.1 Å². The highest BCUT2D eigenvalue weighted by Gasteiger charge is 2.40. The van der Waals surface area contributed by atoms with Gasteiger partial charge in [0.1, 0.15) is 23.8 Å². The van der Waals surface area contributed by atoms with Crippen LogP contribution in [0.1, 0.15) is 32.8 Å². The average Bonchev–Trinajstić information content (AvgIpc) is 3.29. The monoisotopic (exact) mass is 564 g/mol. The van der Waals surface area contributed by atoms with Crippen LogP contribution in [-0.4, -0.2) is 33.6 Å². The number of fused-ring (bicyclic) bond motifs is 1. The molecule has 2 heterocycles. The summed E-state index contributed by atoms with van der Waals surface area (Å²) >= 11 is 0. The summed E-state index contributed by atoms with van der Waals surface area (Å²) in [5, 5.41) is -0.167. The number of nitrogens with two attached hydrogens (primary N) is 1. The second kappa shape index (κ2) is 10.8. The SMILES string of the molecule is CC(C)(C)OC(=O)C1CCN(c2cc3c(cc2F)c(=O)n(OCc2ccccc2)c(=O)n3-c2cccc(F)c2)C1N. The molecule has 2 N–H and O–H groups in total. The molecule has 2 unspecified atom stereocenters. The molecule has 9 nitrogen and oxygen atoms in total. The second-order valence-electron chi connectivity index (χ2n) is 10.9. The van der Waals surface area contributed by atoms with Crippen LogP contribution in [-0.2, 0) is 16.1 Å². The van der Waals surface area contributed by atoms with Crippen LogP contribution in [0, 0.1) is 17.6 Å². The lowest BCUT2D eigenvalue weighted by Gasteiger charge is -2.28. The van der Waals surface area contributed by atoms with Crippen LogP contribution in [0.2, 0.25) is 0 Å². The largest absolute Gasteiger partial charge is 0.460 e. The Labute approximate surface area is 234 Å². The van der Waals surface area contributed by atoms with Gasteiger partial charge in [-0.1, -0.05) is 41.1 Å². The summed E-state index contributed by atoms with van der Waals surface area (Å²) in [4.78, 5) is 46.9. The van der Waals surface area contributed by atoms with E-state index in [1.165, 1.54) is 29.2 Å². The molecular weight excluding hydrogens is 534 g/mol. The molecule has 4 aromatic rings. The molecule has 0 bridgehead atoms. The predicted molar refractivity (Wildman–Crippen MR) is 150 cm³/mol. The highest BCUT2D eigenvalue weighted by Crippen LogP contribution is 2.33. The molecule has 214 valence electrons. The third kappa shape index (κ3) is 5.58. The number of rotatable bonds is 6. The van der Waals surface area contributed by atoms with Gasteiger partial charge in [0.15, 0.2) is 0 Å². The smallest absolute Gasteiger partial charge is 0.369 e. The number of carbonyl (C=O) groups is 1. The minimum absolute atomic E-state index is 0.0111. The fourth-order valence-electron chi connectivity index (χ4n) is 4.94. The van der Waals surface area contributed by atoms with E-state index in [9.17, 15) is 18.8 Å². The topological polar surface area (TPSA) is 109 Å². The first-order valence-electron chi connectivity index (χ1n) is 13.1. The summed E-state index contributed by atoms with van der Waals surface area (Å²) in [6.07, 6.45) is -0.597. The molecule has 1 saturated heterocycles. The van der Waals surface area contributed by atoms with Crippen molar-refractivity contribution in [3.63, 3.8) is 0 Å². The van der Waals surface area contributed by atoms with E-state index < -0.39 is 46.5 Å². The van der Waals surface area contributed by atoms with Gasteiger partial charge in [-0.2, -0.15) is 0 Å². The number of halogens is 2. The molecule has 0 amide bonds. The maximum Gasteiger partial charge on any atom is 0.369 e. The predicted octanol–water partition coefficient (Wildman–Crippen LogP) is 3.51. The Kier molecular flexibility index (Phi) is 7.39. The van der Waals surface area contributed by atoms with E-state index in [-0.39, 0.29) is 35.4 Å². The van der Waals surface area contributed by atoms with Crippen molar-refractivity contribution in [3.8, 4) is 5.69 Å². The molecule has 3 aromatic carbocycles. The zero-order valence-corrected chi connectivity index (χ0v) is 22.8. The highest BCUT2D eigenvalue weighted by molar-refractivity contribution is 5.84. The van der Waals surface area contributed by atoms with Gasteiger partial charge in [0, 0.05) is 6.54 Å². The molecule has 1 aliphatic rings. The zero-order chi connectivity index (χ0) is 29.5. The van der Waals surface area contributed by atoms with Gasteiger partial charge in [0.25, 0.3) is 5.56 Å². The Morgan fingerprint density at radius 3 is 2.44 bits per heavy atom. The Hall–Kier alpha value is -4.51. The molecule has 0 radical (unpaired) electrons. The zero-order valence-electron chi connectivity index (χ0n) is 22.8. The molecule has 5 rings (SSSR count). The van der Waals surface area contributed by atoms with E-state index in [2.05, 4.69) is 0 Å². The number of esters is 1. The van der Waals surface area contributed by atoms with Crippen molar-refractivity contribution in [3.05, 3.63) is 105 Å². The normalized spacial score (nSPS) is 17.2. The van der Waals surface area contributed by atoms with Crippen LogP contribution in [0.15, 0.2) is 76.3 Å². The van der Waals surface area contributed by atoms with E-state index in [4.69, 9.17) is 15.3 Å². The van der Waals surface area contributed by atoms with Crippen molar-refractivity contribution in [1.29, 1.82) is 0 Å². The minimum Gasteiger partial charge on any atom is -0.460 e. The van der Waals surface area contributed by atoms with Crippen molar-refractivity contribution in [2.75, 3.05) is 11.4 Å². The van der Waals surface area contributed by atoms with Crippen molar-refractivity contribution in [2.45, 2.75) is 45.6 Å². The summed E-state index contributed by atoms with van der Waals surface area (Å²) in [5.41, 5.74) is 4.70. The number of aromatic nitrogens is 2. The van der Waals surface area contributed by atoms with Gasteiger partial charge in [-0.25, -0.2) is 13.6 Å². The number of carbonyl (C=O) groups excluding carboxylic acids is 1. The standard InChI is InChI=1S/C30H30F2N4O5/c1-30(2,3)41-28(38)21-12-13-34(26(21)33)25-16-24-22(15-23(25)32)27(37)36(40-17-18-8-5-4-6-9-18)29(39)35(24)20-11-7-10-19(31)14-20/h4-11,14-16,21,26H,12-13,17,33H2,1-3H3. The Morgan fingerprint density at radius 2 is 1.76 bits per heavy atom. The molecule has 1 fully saturated rings. The molecule has 41 heavy (non-hydrogen) atoms. The number of ether oxygens (including phenoxy) is 1. The maximum absolute atomic E-state index is 15.7. The fourth-order valence-corrected chi connectivity index (χ4v) is 4.94. The van der Waals surface area contributed by atoms with Gasteiger partial charge >= 0.3 is 11.7 Å². The first-order chi connectivity index (χ1) is 19.4. The Bertz CT molecular complexity index is 1730. The first kappa shape index (κ1) is 28.0. The lowest BCUT2D eigenvalue weighted by atomic mass is 10.1. The third-order valence-corrected chi connectivity index (χ3v) is 6.83. The van der Waals surface area contributed by atoms with E-state index in [1.807, 2.05) is 6.07 Å². The molecular formula is C30H30F2N4O5. The lowest BCUT2D eigenvalue weighted by molar-refractivity contribution is -0.160. The van der Waals surface area contributed by atoms with Gasteiger partial charge in [-0.05, 0) is 63.1 Å². The van der Waals surface area contributed by atoms with E-state index in [1.54, 1.807) is 45.0 Å². The molecule has 2 atom stereocenters. The van der Waals surface area contributed by atoms with Crippen LogP contribution in [0.5, 0.6) is 0 Å². The average molecular weight is 565 g/mol. The number of hydrogen-bond donors (Lipinski definition) is 1. The molecule has 0 saturated carbocycles. The van der Waals surface area contributed by atoms with Crippen LogP contribution in [0.25, 0.3) is 16.6 Å². The summed E-state index contributed by atoms with van der Waals surface area (Å²) < 4.78 is 37.0. The Morgan fingerprint density at radius 1 is 1.02 bits per heavy atom. The van der Waals surface area contributed by atoms with Crippen LogP contribution >= 0.6 is 0 Å². The third-order valence-electron chi connectivity index (χ3n) is 6.83. The van der Waals surface area contributed by atoms with Crippen LogP contribution in [0.4, 0.5) is 14.5 Å². The highest BCUT2D eigenvalue weighted by atomic mass is 19.1. The summed E-state index contributed by atoms with van der Waals surface area (Å²) in [7, 11) is 0. The summed E-state index contributed by atoms with van der Waals surface area (Å²) in [5.74, 6) is -2.61. The molecule has 1 aromatic heterocycles.